The van der Waals surface area contributed by atoms with Gasteiger partial charge in [-0.1, -0.05) is 0 Å². The molecule has 0 amide bonds. The average molecular weight is 191 g/mol. The molecule has 0 bridgehead atoms. The summed E-state index contributed by atoms with van der Waals surface area (Å²) in [6.07, 6.45) is 3.48. The van der Waals surface area contributed by atoms with Gasteiger partial charge in [-0.15, -0.1) is 11.3 Å². The molecule has 2 heterocycles. The Kier molecular flexibility index (Phi) is 2.02. The van der Waals surface area contributed by atoms with Crippen LogP contribution in [-0.2, 0) is 0 Å². The fourth-order valence-corrected chi connectivity index (χ4v) is 1.99. The van der Waals surface area contributed by atoms with Gasteiger partial charge in [0.2, 0.25) is 5.78 Å². The van der Waals surface area contributed by atoms with Crippen LogP contribution in [0.25, 0.3) is 0 Å². The maximum absolute atomic E-state index is 11.7. The molecule has 0 radical (unpaired) electrons. The first kappa shape index (κ1) is 8.26. The van der Waals surface area contributed by atoms with Gasteiger partial charge in [-0.2, -0.15) is 0 Å². The number of H-pyrrole nitrogens is 1. The van der Waals surface area contributed by atoms with Crippen molar-refractivity contribution in [3.8, 4) is 0 Å². The van der Waals surface area contributed by atoms with E-state index in [2.05, 4.69) is 4.98 Å². The van der Waals surface area contributed by atoms with E-state index in [0.29, 0.717) is 0 Å². The van der Waals surface area contributed by atoms with Crippen LogP contribution in [0.1, 0.15) is 20.1 Å². The lowest BCUT2D eigenvalue weighted by molar-refractivity contribution is 0.104. The molecule has 3 heteroatoms. The van der Waals surface area contributed by atoms with E-state index in [1.54, 1.807) is 18.5 Å². The van der Waals surface area contributed by atoms with Crippen LogP contribution in [0, 0.1) is 6.92 Å². The number of ketones is 1. The Hall–Kier alpha value is -1.35. The third-order valence-corrected chi connectivity index (χ3v) is 2.82. The first-order chi connectivity index (χ1) is 6.27. The molecule has 66 valence electrons. The number of aromatic nitrogens is 1. The summed E-state index contributed by atoms with van der Waals surface area (Å²) in [5.74, 6) is 0.0966. The van der Waals surface area contributed by atoms with Crippen LogP contribution in [0.4, 0.5) is 0 Å². The molecule has 0 fully saturated rings. The van der Waals surface area contributed by atoms with Crippen LogP contribution in [0.15, 0.2) is 30.6 Å². The lowest BCUT2D eigenvalue weighted by Crippen LogP contribution is -1.95. The van der Waals surface area contributed by atoms with Crippen LogP contribution < -0.4 is 0 Å². The molecule has 2 aromatic rings. The van der Waals surface area contributed by atoms with E-state index in [0.717, 1.165) is 10.4 Å². The number of rotatable bonds is 2. The Balaban J connectivity index is 2.33. The second kappa shape index (κ2) is 3.18. The molecule has 0 aliphatic heterocycles. The molecule has 0 spiro atoms. The van der Waals surface area contributed by atoms with Crippen LogP contribution in [0.3, 0.4) is 0 Å². The van der Waals surface area contributed by atoms with Crippen LogP contribution in [0.2, 0.25) is 0 Å². The smallest absolute Gasteiger partial charge is 0.204 e. The van der Waals surface area contributed by atoms with E-state index in [-0.39, 0.29) is 5.78 Å². The zero-order chi connectivity index (χ0) is 9.26. The van der Waals surface area contributed by atoms with E-state index >= 15 is 0 Å². The van der Waals surface area contributed by atoms with Gasteiger partial charge in [0.15, 0.2) is 0 Å². The fourth-order valence-electron chi connectivity index (χ4n) is 1.16. The topological polar surface area (TPSA) is 32.9 Å². The van der Waals surface area contributed by atoms with Gasteiger partial charge in [-0.25, -0.2) is 0 Å². The van der Waals surface area contributed by atoms with Crippen LogP contribution in [0.5, 0.6) is 0 Å². The first-order valence-corrected chi connectivity index (χ1v) is 4.83. The number of thiophene rings is 1. The highest BCUT2D eigenvalue weighted by Crippen LogP contribution is 2.18. The quantitative estimate of drug-likeness (QED) is 0.727. The van der Waals surface area contributed by atoms with E-state index in [9.17, 15) is 4.79 Å². The average Bonchev–Trinajstić information content (AvgIpc) is 2.72. The summed E-state index contributed by atoms with van der Waals surface area (Å²) in [5.41, 5.74) is 0.724. The van der Waals surface area contributed by atoms with Gasteiger partial charge in [-0.05, 0) is 25.1 Å². The molecular weight excluding hydrogens is 182 g/mol. The lowest BCUT2D eigenvalue weighted by atomic mass is 10.2. The van der Waals surface area contributed by atoms with Crippen LogP contribution in [-0.4, -0.2) is 10.8 Å². The number of hydrogen-bond acceptors (Lipinski definition) is 2. The summed E-state index contributed by atoms with van der Waals surface area (Å²) in [5, 5.41) is 0. The largest absolute Gasteiger partial charge is 0.367 e. The highest BCUT2D eigenvalue weighted by Gasteiger charge is 2.10. The second-order valence-electron chi connectivity index (χ2n) is 2.84. The number of aryl methyl sites for hydroxylation is 1. The summed E-state index contributed by atoms with van der Waals surface area (Å²) >= 11 is 1.53. The summed E-state index contributed by atoms with van der Waals surface area (Å²) in [7, 11) is 0. The molecule has 0 aliphatic carbocycles. The van der Waals surface area contributed by atoms with Crippen molar-refractivity contribution in [2.24, 2.45) is 0 Å². The molecular formula is C10H9NOS. The molecule has 0 atom stereocenters. The maximum Gasteiger partial charge on any atom is 0.204 e. The van der Waals surface area contributed by atoms with Crippen LogP contribution >= 0.6 is 11.3 Å². The highest BCUT2D eigenvalue weighted by atomic mass is 32.1. The van der Waals surface area contributed by atoms with E-state index in [1.807, 2.05) is 19.1 Å². The van der Waals surface area contributed by atoms with Gasteiger partial charge in [0.05, 0.1) is 4.88 Å². The standard InChI is InChI=1S/C10H9NOS/c1-7-2-3-9(13-7)10(12)8-4-5-11-6-8/h2-6,11H,1H3. The normalized spacial score (nSPS) is 10.2. The highest BCUT2D eigenvalue weighted by molar-refractivity contribution is 7.14. The molecule has 0 unspecified atom stereocenters. The summed E-state index contributed by atoms with van der Waals surface area (Å²) in [4.78, 5) is 16.6. The molecule has 2 nitrogen and oxygen atoms in total. The van der Waals surface area contributed by atoms with Gasteiger partial charge in [-0.3, -0.25) is 4.79 Å². The minimum atomic E-state index is 0.0966. The fraction of sp³-hybridized carbons (Fsp3) is 0.100. The Bertz CT molecular complexity index is 414. The molecule has 2 aromatic heterocycles. The Morgan fingerprint density at radius 3 is 2.77 bits per heavy atom. The summed E-state index contributed by atoms with van der Waals surface area (Å²) in [6, 6.07) is 5.62. The second-order valence-corrected chi connectivity index (χ2v) is 4.13. The minimum Gasteiger partial charge on any atom is -0.367 e. The minimum absolute atomic E-state index is 0.0966. The zero-order valence-corrected chi connectivity index (χ0v) is 8.02. The molecule has 0 aliphatic rings. The van der Waals surface area contributed by atoms with Crippen molar-refractivity contribution in [1.82, 2.24) is 4.98 Å². The number of carbonyl (C=O) groups is 1. The maximum atomic E-state index is 11.7. The molecule has 0 aromatic carbocycles. The van der Waals surface area contributed by atoms with E-state index < -0.39 is 0 Å². The monoisotopic (exact) mass is 191 g/mol. The number of carbonyl (C=O) groups excluding carboxylic acids is 1. The van der Waals surface area contributed by atoms with Crippen molar-refractivity contribution in [1.29, 1.82) is 0 Å². The Morgan fingerprint density at radius 1 is 1.38 bits per heavy atom. The van der Waals surface area contributed by atoms with Gasteiger partial charge in [0.1, 0.15) is 0 Å². The Morgan fingerprint density at radius 2 is 2.23 bits per heavy atom. The zero-order valence-electron chi connectivity index (χ0n) is 7.20. The lowest BCUT2D eigenvalue weighted by Gasteiger charge is -1.90. The van der Waals surface area contributed by atoms with Crippen molar-refractivity contribution < 1.29 is 4.79 Å². The van der Waals surface area contributed by atoms with Crippen molar-refractivity contribution in [3.05, 3.63) is 45.9 Å². The van der Waals surface area contributed by atoms with Crippen molar-refractivity contribution in [2.75, 3.05) is 0 Å². The molecule has 0 saturated carbocycles. The predicted molar refractivity (Wildman–Crippen MR) is 53.3 cm³/mol. The number of nitrogens with one attached hydrogen (secondary N) is 1. The third kappa shape index (κ3) is 1.55. The van der Waals surface area contributed by atoms with E-state index in [1.165, 1.54) is 16.2 Å². The van der Waals surface area contributed by atoms with E-state index in [4.69, 9.17) is 0 Å². The Labute approximate surface area is 80.2 Å². The van der Waals surface area contributed by atoms with Gasteiger partial charge < -0.3 is 4.98 Å². The summed E-state index contributed by atoms with van der Waals surface area (Å²) < 4.78 is 0. The van der Waals surface area contributed by atoms with Crippen molar-refractivity contribution >= 4 is 17.1 Å². The SMILES string of the molecule is Cc1ccc(C(=O)c2cc[nH]c2)s1. The van der Waals surface area contributed by atoms with Crippen molar-refractivity contribution in [3.63, 3.8) is 0 Å². The molecule has 13 heavy (non-hydrogen) atoms. The number of aromatic amines is 1. The first-order valence-electron chi connectivity index (χ1n) is 4.01. The molecule has 2 rings (SSSR count). The summed E-state index contributed by atoms with van der Waals surface area (Å²) in [6.45, 7) is 2.00. The predicted octanol–water partition coefficient (Wildman–Crippen LogP) is 2.62. The van der Waals surface area contributed by atoms with Crippen molar-refractivity contribution in [2.45, 2.75) is 6.92 Å². The number of hydrogen-bond donors (Lipinski definition) is 1. The third-order valence-electron chi connectivity index (χ3n) is 1.82. The molecule has 1 N–H and O–H groups in total. The van der Waals surface area contributed by atoms with Gasteiger partial charge in [0, 0.05) is 22.8 Å². The van der Waals surface area contributed by atoms with Gasteiger partial charge >= 0.3 is 0 Å². The van der Waals surface area contributed by atoms with Gasteiger partial charge in [0.25, 0.3) is 0 Å². The molecule has 0 saturated heterocycles.